The minimum Gasteiger partial charge on any atom is -0.352 e. The largest absolute Gasteiger partial charge is 0.352 e. The Hall–Kier alpha value is -1.35. The first-order chi connectivity index (χ1) is 8.25. The van der Waals surface area contributed by atoms with Crippen LogP contribution in [0.3, 0.4) is 0 Å². The van der Waals surface area contributed by atoms with E-state index in [0.717, 1.165) is 31.2 Å². The van der Waals surface area contributed by atoms with Gasteiger partial charge in [-0.3, -0.25) is 4.79 Å². The molecule has 3 N–H and O–H groups in total. The minimum atomic E-state index is 0.165. The molecule has 0 radical (unpaired) electrons. The molecule has 0 heterocycles. The van der Waals surface area contributed by atoms with Crippen LogP contribution in [0.1, 0.15) is 31.2 Å². The van der Waals surface area contributed by atoms with Crippen LogP contribution in [0.2, 0.25) is 0 Å². The van der Waals surface area contributed by atoms with Gasteiger partial charge >= 0.3 is 0 Å². The van der Waals surface area contributed by atoms with Crippen LogP contribution in [0.25, 0.3) is 0 Å². The van der Waals surface area contributed by atoms with Crippen LogP contribution in [-0.2, 0) is 11.3 Å². The fourth-order valence-corrected chi connectivity index (χ4v) is 2.31. The van der Waals surface area contributed by atoms with E-state index in [1.54, 1.807) is 0 Å². The molecule has 1 fully saturated rings. The molecule has 1 aliphatic carbocycles. The number of nitrogens with one attached hydrogen (secondary N) is 1. The van der Waals surface area contributed by atoms with Gasteiger partial charge in [0, 0.05) is 18.5 Å². The van der Waals surface area contributed by atoms with Crippen molar-refractivity contribution in [3.63, 3.8) is 0 Å². The highest BCUT2D eigenvalue weighted by atomic mass is 16.1. The molecule has 0 saturated heterocycles. The van der Waals surface area contributed by atoms with Gasteiger partial charge in [0.15, 0.2) is 0 Å². The smallest absolute Gasteiger partial charge is 0.223 e. The first kappa shape index (κ1) is 12.1. The van der Waals surface area contributed by atoms with E-state index in [0.29, 0.717) is 12.6 Å². The van der Waals surface area contributed by atoms with E-state index in [2.05, 4.69) is 5.32 Å². The van der Waals surface area contributed by atoms with Crippen molar-refractivity contribution in [2.24, 2.45) is 11.7 Å². The maximum absolute atomic E-state index is 11.9. The number of carbonyl (C=O) groups excluding carboxylic acids is 1. The zero-order valence-electron chi connectivity index (χ0n) is 10.1. The Balaban J connectivity index is 1.78. The molecule has 17 heavy (non-hydrogen) atoms. The van der Waals surface area contributed by atoms with Gasteiger partial charge in [0.1, 0.15) is 0 Å². The second-order valence-corrected chi connectivity index (χ2v) is 4.82. The van der Waals surface area contributed by atoms with Gasteiger partial charge in [0.05, 0.1) is 0 Å². The SMILES string of the molecule is NC1CCC(C(=O)NCc2ccccc2)CC1. The van der Waals surface area contributed by atoms with Crippen LogP contribution >= 0.6 is 0 Å². The van der Waals surface area contributed by atoms with Gasteiger partial charge in [-0.05, 0) is 31.2 Å². The highest BCUT2D eigenvalue weighted by molar-refractivity contribution is 5.78. The average Bonchev–Trinajstić information content (AvgIpc) is 2.38. The quantitative estimate of drug-likeness (QED) is 0.835. The molecule has 0 aromatic heterocycles. The topological polar surface area (TPSA) is 55.1 Å². The summed E-state index contributed by atoms with van der Waals surface area (Å²) in [6.07, 6.45) is 3.82. The van der Waals surface area contributed by atoms with Crippen molar-refractivity contribution in [2.75, 3.05) is 0 Å². The van der Waals surface area contributed by atoms with Crippen LogP contribution in [0.4, 0.5) is 0 Å². The second kappa shape index (κ2) is 5.82. The molecule has 3 nitrogen and oxygen atoms in total. The van der Waals surface area contributed by atoms with E-state index in [4.69, 9.17) is 5.73 Å². The summed E-state index contributed by atoms with van der Waals surface area (Å²) in [7, 11) is 0. The Kier molecular flexibility index (Phi) is 4.15. The standard InChI is InChI=1S/C14H20N2O/c15-13-8-6-12(7-9-13)14(17)16-10-11-4-2-1-3-5-11/h1-5,12-13H,6-10,15H2,(H,16,17). The van der Waals surface area contributed by atoms with Crippen molar-refractivity contribution in [1.29, 1.82) is 0 Å². The summed E-state index contributed by atoms with van der Waals surface area (Å²) in [4.78, 5) is 11.9. The van der Waals surface area contributed by atoms with Gasteiger partial charge in [-0.1, -0.05) is 30.3 Å². The Labute approximate surface area is 102 Å². The number of hydrogen-bond donors (Lipinski definition) is 2. The third-order valence-electron chi connectivity index (χ3n) is 3.45. The highest BCUT2D eigenvalue weighted by Crippen LogP contribution is 2.23. The molecular weight excluding hydrogens is 212 g/mol. The number of amides is 1. The summed E-state index contributed by atoms with van der Waals surface area (Å²) in [6, 6.07) is 10.3. The number of nitrogens with two attached hydrogens (primary N) is 1. The highest BCUT2D eigenvalue weighted by Gasteiger charge is 2.24. The third-order valence-corrected chi connectivity index (χ3v) is 3.45. The monoisotopic (exact) mass is 232 g/mol. The van der Waals surface area contributed by atoms with Gasteiger partial charge < -0.3 is 11.1 Å². The van der Waals surface area contributed by atoms with Crippen molar-refractivity contribution in [3.8, 4) is 0 Å². The van der Waals surface area contributed by atoms with Crippen LogP contribution in [0.15, 0.2) is 30.3 Å². The normalized spacial score (nSPS) is 24.3. The molecule has 1 aliphatic rings. The summed E-state index contributed by atoms with van der Waals surface area (Å²) in [5, 5.41) is 3.00. The molecule has 0 bridgehead atoms. The Morgan fingerprint density at radius 1 is 1.18 bits per heavy atom. The number of benzene rings is 1. The lowest BCUT2D eigenvalue weighted by molar-refractivity contribution is -0.126. The van der Waals surface area contributed by atoms with Gasteiger partial charge in [-0.15, -0.1) is 0 Å². The molecule has 3 heteroatoms. The third kappa shape index (κ3) is 3.56. The van der Waals surface area contributed by atoms with Crippen LogP contribution in [0.5, 0.6) is 0 Å². The zero-order chi connectivity index (χ0) is 12.1. The molecule has 1 aromatic carbocycles. The van der Waals surface area contributed by atoms with E-state index in [-0.39, 0.29) is 11.8 Å². The first-order valence-corrected chi connectivity index (χ1v) is 6.33. The molecule has 92 valence electrons. The van der Waals surface area contributed by atoms with Crippen LogP contribution < -0.4 is 11.1 Å². The van der Waals surface area contributed by atoms with E-state index in [9.17, 15) is 4.79 Å². The van der Waals surface area contributed by atoms with Crippen molar-refractivity contribution in [2.45, 2.75) is 38.3 Å². The van der Waals surface area contributed by atoms with E-state index >= 15 is 0 Å². The van der Waals surface area contributed by atoms with Crippen molar-refractivity contribution >= 4 is 5.91 Å². The van der Waals surface area contributed by atoms with Crippen molar-refractivity contribution in [1.82, 2.24) is 5.32 Å². The minimum absolute atomic E-state index is 0.165. The number of rotatable bonds is 3. The summed E-state index contributed by atoms with van der Waals surface area (Å²) in [5.74, 6) is 0.347. The van der Waals surface area contributed by atoms with E-state index in [1.807, 2.05) is 30.3 Å². The fraction of sp³-hybridized carbons (Fsp3) is 0.500. The molecule has 1 amide bonds. The van der Waals surface area contributed by atoms with Crippen LogP contribution in [-0.4, -0.2) is 11.9 Å². The molecule has 2 rings (SSSR count). The second-order valence-electron chi connectivity index (χ2n) is 4.82. The van der Waals surface area contributed by atoms with Crippen molar-refractivity contribution < 1.29 is 4.79 Å². The number of hydrogen-bond acceptors (Lipinski definition) is 2. The Bertz CT molecular complexity index is 356. The number of carbonyl (C=O) groups is 1. The summed E-state index contributed by atoms with van der Waals surface area (Å²) in [5.41, 5.74) is 6.98. The average molecular weight is 232 g/mol. The molecule has 0 aliphatic heterocycles. The molecule has 0 unspecified atom stereocenters. The van der Waals surface area contributed by atoms with Gasteiger partial charge in [0.25, 0.3) is 0 Å². The molecular formula is C14H20N2O. The predicted molar refractivity (Wildman–Crippen MR) is 68.2 cm³/mol. The van der Waals surface area contributed by atoms with Crippen molar-refractivity contribution in [3.05, 3.63) is 35.9 Å². The van der Waals surface area contributed by atoms with Gasteiger partial charge in [0.2, 0.25) is 5.91 Å². The van der Waals surface area contributed by atoms with E-state index in [1.165, 1.54) is 0 Å². The molecule has 0 atom stereocenters. The maximum atomic E-state index is 11.9. The summed E-state index contributed by atoms with van der Waals surface area (Å²) >= 11 is 0. The predicted octanol–water partition coefficient (Wildman–Crippen LogP) is 1.82. The maximum Gasteiger partial charge on any atom is 0.223 e. The van der Waals surface area contributed by atoms with Crippen LogP contribution in [0, 0.1) is 5.92 Å². The molecule has 1 aromatic rings. The van der Waals surface area contributed by atoms with Gasteiger partial charge in [-0.25, -0.2) is 0 Å². The van der Waals surface area contributed by atoms with E-state index < -0.39 is 0 Å². The fourth-order valence-electron chi connectivity index (χ4n) is 2.31. The summed E-state index contributed by atoms with van der Waals surface area (Å²) < 4.78 is 0. The lowest BCUT2D eigenvalue weighted by Gasteiger charge is -2.25. The molecule has 0 spiro atoms. The Morgan fingerprint density at radius 2 is 1.82 bits per heavy atom. The molecule has 1 saturated carbocycles. The lowest BCUT2D eigenvalue weighted by atomic mass is 9.86. The Morgan fingerprint density at radius 3 is 2.47 bits per heavy atom. The zero-order valence-corrected chi connectivity index (χ0v) is 10.1. The lowest BCUT2D eigenvalue weighted by Crippen LogP contribution is -2.35. The summed E-state index contributed by atoms with van der Waals surface area (Å²) in [6.45, 7) is 0.627. The first-order valence-electron chi connectivity index (χ1n) is 6.33. The van der Waals surface area contributed by atoms with Gasteiger partial charge in [-0.2, -0.15) is 0 Å².